The standard InChI is InChI=1S/C8H10N2O3S.C7H6N2O2S/c1-4-3-5(10-8(9)12)6(14-4)7(11)13-2;1-3-2-4-5(12-3)6(10)9-7(11)8-4/h3H,1-2H3,(H3,9,10,12);2H,1H3,(H2,8,9,10,11). The molecule has 0 fully saturated rings. The van der Waals surface area contributed by atoms with Crippen LogP contribution in [0.1, 0.15) is 19.4 Å². The van der Waals surface area contributed by atoms with E-state index >= 15 is 0 Å². The van der Waals surface area contributed by atoms with Crippen LogP contribution in [0.15, 0.2) is 21.7 Å². The lowest BCUT2D eigenvalue weighted by Gasteiger charge is -2.00. The molecule has 0 aromatic carbocycles. The van der Waals surface area contributed by atoms with Gasteiger partial charge in [0.05, 0.1) is 18.3 Å². The number of aromatic nitrogens is 2. The summed E-state index contributed by atoms with van der Waals surface area (Å²) in [6.45, 7) is 3.71. The molecule has 2 amide bonds. The zero-order chi connectivity index (χ0) is 19.4. The largest absolute Gasteiger partial charge is 0.465 e. The highest BCUT2D eigenvalue weighted by molar-refractivity contribution is 7.18. The summed E-state index contributed by atoms with van der Waals surface area (Å²) in [5, 5.41) is 2.36. The van der Waals surface area contributed by atoms with E-state index in [1.807, 2.05) is 13.8 Å². The van der Waals surface area contributed by atoms with Crippen LogP contribution in [0.3, 0.4) is 0 Å². The van der Waals surface area contributed by atoms with Crippen molar-refractivity contribution in [1.29, 1.82) is 0 Å². The van der Waals surface area contributed by atoms with Gasteiger partial charge in [0.25, 0.3) is 5.56 Å². The fourth-order valence-electron chi connectivity index (χ4n) is 2.07. The van der Waals surface area contributed by atoms with Crippen molar-refractivity contribution in [3.63, 3.8) is 0 Å². The van der Waals surface area contributed by atoms with E-state index in [4.69, 9.17) is 5.73 Å². The molecule has 3 rings (SSSR count). The molecule has 3 aromatic heterocycles. The molecule has 0 aliphatic rings. The van der Waals surface area contributed by atoms with Crippen LogP contribution in [0, 0.1) is 13.8 Å². The lowest BCUT2D eigenvalue weighted by atomic mass is 10.3. The fourth-order valence-corrected chi connectivity index (χ4v) is 3.82. The summed E-state index contributed by atoms with van der Waals surface area (Å²) in [4.78, 5) is 50.8. The minimum absolute atomic E-state index is 0.313. The Balaban J connectivity index is 0.000000189. The maximum Gasteiger partial charge on any atom is 0.350 e. The molecule has 26 heavy (non-hydrogen) atoms. The molecule has 0 saturated carbocycles. The van der Waals surface area contributed by atoms with Gasteiger partial charge in [-0.25, -0.2) is 14.4 Å². The molecule has 5 N–H and O–H groups in total. The van der Waals surface area contributed by atoms with E-state index in [2.05, 4.69) is 20.0 Å². The molecule has 0 aliphatic heterocycles. The number of methoxy groups -OCH3 is 1. The van der Waals surface area contributed by atoms with E-state index in [0.29, 0.717) is 20.8 Å². The quantitative estimate of drug-likeness (QED) is 0.489. The maximum atomic E-state index is 11.2. The summed E-state index contributed by atoms with van der Waals surface area (Å²) in [6, 6.07) is 2.76. The topological polar surface area (TPSA) is 147 Å². The van der Waals surface area contributed by atoms with Gasteiger partial charge in [0.15, 0.2) is 0 Å². The number of fused-ring (bicyclic) bond motifs is 1. The summed E-state index contributed by atoms with van der Waals surface area (Å²) in [5.74, 6) is -0.480. The summed E-state index contributed by atoms with van der Waals surface area (Å²) in [6.07, 6.45) is 0. The van der Waals surface area contributed by atoms with Crippen molar-refractivity contribution in [2.75, 3.05) is 12.4 Å². The van der Waals surface area contributed by atoms with Gasteiger partial charge in [-0.05, 0) is 26.0 Å². The zero-order valence-corrected chi connectivity index (χ0v) is 15.7. The molecule has 0 spiro atoms. The first kappa shape index (κ1) is 19.4. The van der Waals surface area contributed by atoms with Crippen LogP contribution < -0.4 is 22.3 Å². The predicted octanol–water partition coefficient (Wildman–Crippen LogP) is 1.92. The van der Waals surface area contributed by atoms with E-state index in [-0.39, 0.29) is 5.56 Å². The number of rotatable bonds is 2. The van der Waals surface area contributed by atoms with Crippen LogP contribution in [0.2, 0.25) is 0 Å². The number of aryl methyl sites for hydroxylation is 2. The second kappa shape index (κ2) is 7.97. The van der Waals surface area contributed by atoms with Gasteiger partial charge in [-0.3, -0.25) is 9.78 Å². The van der Waals surface area contributed by atoms with Crippen molar-refractivity contribution in [2.24, 2.45) is 5.73 Å². The molecule has 3 heterocycles. The molecule has 11 heteroatoms. The van der Waals surface area contributed by atoms with Gasteiger partial charge in [0.2, 0.25) is 0 Å². The normalized spacial score (nSPS) is 10.1. The molecule has 0 radical (unpaired) electrons. The Morgan fingerprint density at radius 1 is 1.12 bits per heavy atom. The van der Waals surface area contributed by atoms with Crippen LogP contribution >= 0.6 is 22.7 Å². The Morgan fingerprint density at radius 2 is 1.77 bits per heavy atom. The minimum Gasteiger partial charge on any atom is -0.465 e. The highest BCUT2D eigenvalue weighted by Crippen LogP contribution is 2.27. The summed E-state index contributed by atoms with van der Waals surface area (Å²) < 4.78 is 5.13. The number of esters is 1. The lowest BCUT2D eigenvalue weighted by molar-refractivity contribution is 0.0607. The molecule has 138 valence electrons. The minimum atomic E-state index is -0.701. The number of nitrogens with one attached hydrogen (secondary N) is 3. The molecule has 0 aliphatic carbocycles. The van der Waals surface area contributed by atoms with Crippen molar-refractivity contribution in [3.05, 3.63) is 47.6 Å². The monoisotopic (exact) mass is 396 g/mol. The molecule has 0 unspecified atom stereocenters. The van der Waals surface area contributed by atoms with Crippen LogP contribution in [0.5, 0.6) is 0 Å². The fraction of sp³-hybridized carbons (Fsp3) is 0.200. The number of ether oxygens (including phenoxy) is 1. The Hall–Kier alpha value is -2.92. The average Bonchev–Trinajstić information content (AvgIpc) is 3.08. The highest BCUT2D eigenvalue weighted by Gasteiger charge is 2.16. The van der Waals surface area contributed by atoms with Crippen LogP contribution in [0.25, 0.3) is 10.2 Å². The Bertz CT molecular complexity index is 1080. The average molecular weight is 396 g/mol. The third-order valence-corrected chi connectivity index (χ3v) is 5.10. The Labute approximate surface area is 154 Å². The van der Waals surface area contributed by atoms with Crippen LogP contribution in [-0.2, 0) is 4.74 Å². The van der Waals surface area contributed by atoms with Crippen LogP contribution in [-0.4, -0.2) is 29.1 Å². The number of carbonyl (C=O) groups excluding carboxylic acids is 2. The van der Waals surface area contributed by atoms with Crippen LogP contribution in [0.4, 0.5) is 10.5 Å². The second-order valence-electron chi connectivity index (χ2n) is 5.09. The van der Waals surface area contributed by atoms with Crippen molar-refractivity contribution in [3.8, 4) is 0 Å². The van der Waals surface area contributed by atoms with Gasteiger partial charge in [0.1, 0.15) is 9.58 Å². The highest BCUT2D eigenvalue weighted by atomic mass is 32.1. The van der Waals surface area contributed by atoms with Gasteiger partial charge in [-0.15, -0.1) is 22.7 Å². The number of hydrogen-bond acceptors (Lipinski definition) is 7. The molecule has 9 nitrogen and oxygen atoms in total. The summed E-state index contributed by atoms with van der Waals surface area (Å²) in [7, 11) is 1.28. The zero-order valence-electron chi connectivity index (χ0n) is 14.1. The van der Waals surface area contributed by atoms with Crippen molar-refractivity contribution >= 4 is 50.6 Å². The molecule has 3 aromatic rings. The second-order valence-corrected chi connectivity index (χ2v) is 7.60. The number of anilines is 1. The van der Waals surface area contributed by atoms with E-state index < -0.39 is 17.7 Å². The van der Waals surface area contributed by atoms with E-state index in [9.17, 15) is 19.2 Å². The number of H-pyrrole nitrogens is 2. The van der Waals surface area contributed by atoms with E-state index in [1.54, 1.807) is 12.1 Å². The van der Waals surface area contributed by atoms with Gasteiger partial charge >= 0.3 is 17.7 Å². The number of urea groups is 1. The van der Waals surface area contributed by atoms with Crippen molar-refractivity contribution in [1.82, 2.24) is 9.97 Å². The van der Waals surface area contributed by atoms with Gasteiger partial charge in [-0.2, -0.15) is 0 Å². The molecule has 0 bridgehead atoms. The van der Waals surface area contributed by atoms with Crippen molar-refractivity contribution < 1.29 is 14.3 Å². The molecular weight excluding hydrogens is 380 g/mol. The molecule has 0 saturated heterocycles. The number of primary amides is 1. The third-order valence-electron chi connectivity index (χ3n) is 3.02. The van der Waals surface area contributed by atoms with Gasteiger partial charge in [0, 0.05) is 9.75 Å². The Kier molecular flexibility index (Phi) is 5.95. The SMILES string of the molecule is COC(=O)c1sc(C)cc1NC(N)=O.Cc1cc2[nH]c(=O)[nH]c(=O)c2s1. The number of aromatic amines is 2. The van der Waals surface area contributed by atoms with Gasteiger partial charge < -0.3 is 20.8 Å². The first-order valence-electron chi connectivity index (χ1n) is 7.19. The van der Waals surface area contributed by atoms with Gasteiger partial charge in [-0.1, -0.05) is 0 Å². The first-order valence-corrected chi connectivity index (χ1v) is 8.82. The Morgan fingerprint density at radius 3 is 2.38 bits per heavy atom. The first-order chi connectivity index (χ1) is 12.2. The van der Waals surface area contributed by atoms with E-state index in [1.165, 1.54) is 29.8 Å². The van der Waals surface area contributed by atoms with E-state index in [0.717, 1.165) is 9.75 Å². The maximum absolute atomic E-state index is 11.2. The number of nitrogens with two attached hydrogens (primary N) is 1. The smallest absolute Gasteiger partial charge is 0.350 e. The molecule has 0 atom stereocenters. The number of carbonyl (C=O) groups is 2. The summed E-state index contributed by atoms with van der Waals surface area (Å²) >= 11 is 2.62. The summed E-state index contributed by atoms with van der Waals surface area (Å²) in [5.41, 5.74) is 5.19. The molecular formula is C15H16N4O5S2. The number of hydrogen-bond donors (Lipinski definition) is 4. The number of amides is 2. The predicted molar refractivity (Wildman–Crippen MR) is 101 cm³/mol. The van der Waals surface area contributed by atoms with Crippen molar-refractivity contribution in [2.45, 2.75) is 13.8 Å². The lowest BCUT2D eigenvalue weighted by Crippen LogP contribution is -2.20. The number of thiophene rings is 2. The third kappa shape index (κ3) is 4.58.